The van der Waals surface area contributed by atoms with Crippen LogP contribution in [-0.2, 0) is 0 Å². The van der Waals surface area contributed by atoms with Gasteiger partial charge in [0.2, 0.25) is 0 Å². The molecule has 4 aromatic rings. The third-order valence-electron chi connectivity index (χ3n) is 3.75. The van der Waals surface area contributed by atoms with Crippen LogP contribution in [0.15, 0.2) is 85.2 Å². The highest BCUT2D eigenvalue weighted by Gasteiger charge is 2.07. The van der Waals surface area contributed by atoms with Crippen molar-refractivity contribution in [2.24, 2.45) is 0 Å². The minimum absolute atomic E-state index is 0.959. The summed E-state index contributed by atoms with van der Waals surface area (Å²) in [6.07, 6.45) is 3.56. The first-order valence-corrected chi connectivity index (χ1v) is 7.52. The standard InChI is InChI=1S/C20H15N3/c1-2-6-15(7-3-1)19-14-20(22-16-10-12-21-13-11-16)17-8-4-5-9-18(17)23-19/h1-14H,(H,21,22,23). The molecule has 0 saturated carbocycles. The van der Waals surface area contributed by atoms with E-state index in [0.717, 1.165) is 33.5 Å². The average molecular weight is 297 g/mol. The fourth-order valence-corrected chi connectivity index (χ4v) is 2.63. The van der Waals surface area contributed by atoms with E-state index in [1.54, 1.807) is 12.4 Å². The van der Waals surface area contributed by atoms with Crippen LogP contribution in [0.3, 0.4) is 0 Å². The molecule has 0 atom stereocenters. The van der Waals surface area contributed by atoms with Gasteiger partial charge in [-0.05, 0) is 24.3 Å². The molecule has 0 spiro atoms. The number of hydrogen-bond acceptors (Lipinski definition) is 3. The van der Waals surface area contributed by atoms with Crippen LogP contribution >= 0.6 is 0 Å². The zero-order valence-corrected chi connectivity index (χ0v) is 12.5. The van der Waals surface area contributed by atoms with E-state index in [1.807, 2.05) is 48.5 Å². The molecule has 0 aliphatic carbocycles. The molecule has 3 nitrogen and oxygen atoms in total. The van der Waals surface area contributed by atoms with Gasteiger partial charge in [-0.15, -0.1) is 0 Å². The zero-order chi connectivity index (χ0) is 15.5. The summed E-state index contributed by atoms with van der Waals surface area (Å²) in [5.74, 6) is 0. The molecule has 23 heavy (non-hydrogen) atoms. The molecular weight excluding hydrogens is 282 g/mol. The number of para-hydroxylation sites is 1. The number of pyridine rings is 2. The molecule has 1 N–H and O–H groups in total. The normalized spacial score (nSPS) is 10.6. The van der Waals surface area contributed by atoms with E-state index in [9.17, 15) is 0 Å². The number of aromatic nitrogens is 2. The molecule has 2 aromatic carbocycles. The lowest BCUT2D eigenvalue weighted by Gasteiger charge is -2.12. The lowest BCUT2D eigenvalue weighted by atomic mass is 10.1. The summed E-state index contributed by atoms with van der Waals surface area (Å²) in [7, 11) is 0. The fourth-order valence-electron chi connectivity index (χ4n) is 2.63. The predicted octanol–water partition coefficient (Wildman–Crippen LogP) is 5.04. The van der Waals surface area contributed by atoms with Crippen molar-refractivity contribution < 1.29 is 0 Å². The van der Waals surface area contributed by atoms with E-state index in [-0.39, 0.29) is 0 Å². The monoisotopic (exact) mass is 297 g/mol. The minimum Gasteiger partial charge on any atom is -0.355 e. The Morgan fingerprint density at radius 2 is 1.48 bits per heavy atom. The van der Waals surface area contributed by atoms with Crippen LogP contribution in [0, 0.1) is 0 Å². The molecule has 0 fully saturated rings. The first kappa shape index (κ1) is 13.5. The lowest BCUT2D eigenvalue weighted by molar-refractivity contribution is 1.32. The highest BCUT2D eigenvalue weighted by atomic mass is 14.9. The Balaban J connectivity index is 1.87. The van der Waals surface area contributed by atoms with Crippen LogP contribution in [0.25, 0.3) is 22.2 Å². The molecule has 3 heteroatoms. The minimum atomic E-state index is 0.959. The van der Waals surface area contributed by atoms with Crippen molar-refractivity contribution in [3.05, 3.63) is 85.2 Å². The van der Waals surface area contributed by atoms with Gasteiger partial charge in [0.15, 0.2) is 0 Å². The van der Waals surface area contributed by atoms with Crippen molar-refractivity contribution in [2.45, 2.75) is 0 Å². The van der Waals surface area contributed by atoms with Crippen LogP contribution in [0.1, 0.15) is 0 Å². The van der Waals surface area contributed by atoms with Gasteiger partial charge in [0.05, 0.1) is 16.9 Å². The van der Waals surface area contributed by atoms with Gasteiger partial charge in [-0.2, -0.15) is 0 Å². The third-order valence-corrected chi connectivity index (χ3v) is 3.75. The summed E-state index contributed by atoms with van der Waals surface area (Å²) >= 11 is 0. The van der Waals surface area contributed by atoms with Crippen molar-refractivity contribution in [2.75, 3.05) is 5.32 Å². The Bertz CT molecular complexity index is 935. The third kappa shape index (κ3) is 2.77. The number of nitrogens with one attached hydrogen (secondary N) is 1. The molecule has 0 unspecified atom stereocenters. The number of anilines is 2. The maximum Gasteiger partial charge on any atom is 0.0730 e. The number of nitrogens with zero attached hydrogens (tertiary/aromatic N) is 2. The van der Waals surface area contributed by atoms with E-state index >= 15 is 0 Å². The number of fused-ring (bicyclic) bond motifs is 1. The molecule has 2 heterocycles. The van der Waals surface area contributed by atoms with Gasteiger partial charge in [0.1, 0.15) is 0 Å². The van der Waals surface area contributed by atoms with Gasteiger partial charge >= 0.3 is 0 Å². The van der Waals surface area contributed by atoms with E-state index in [1.165, 1.54) is 0 Å². The Labute approximate surface area is 134 Å². The van der Waals surface area contributed by atoms with E-state index in [0.29, 0.717) is 0 Å². The SMILES string of the molecule is c1ccc(-c2cc(Nc3ccncc3)c3ccccc3n2)cc1. The second kappa shape index (κ2) is 5.89. The first-order chi connectivity index (χ1) is 11.4. The quantitative estimate of drug-likeness (QED) is 0.575. The van der Waals surface area contributed by atoms with Crippen LogP contribution < -0.4 is 5.32 Å². The molecule has 0 amide bonds. The highest BCUT2D eigenvalue weighted by molar-refractivity contribution is 5.95. The van der Waals surface area contributed by atoms with Crippen LogP contribution in [0.2, 0.25) is 0 Å². The Morgan fingerprint density at radius 3 is 2.30 bits per heavy atom. The lowest BCUT2D eigenvalue weighted by Crippen LogP contribution is -1.95. The summed E-state index contributed by atoms with van der Waals surface area (Å²) < 4.78 is 0. The molecule has 0 saturated heterocycles. The van der Waals surface area contributed by atoms with Gasteiger partial charge in [-0.25, -0.2) is 4.98 Å². The second-order valence-electron chi connectivity index (χ2n) is 5.30. The predicted molar refractivity (Wildman–Crippen MR) is 94.7 cm³/mol. The molecular formula is C20H15N3. The number of benzene rings is 2. The first-order valence-electron chi connectivity index (χ1n) is 7.52. The number of hydrogen-bond donors (Lipinski definition) is 1. The van der Waals surface area contributed by atoms with Gasteiger partial charge < -0.3 is 5.32 Å². The van der Waals surface area contributed by atoms with Crippen molar-refractivity contribution in [1.82, 2.24) is 9.97 Å². The number of rotatable bonds is 3. The van der Waals surface area contributed by atoms with Crippen molar-refractivity contribution in [3.63, 3.8) is 0 Å². The van der Waals surface area contributed by atoms with Gasteiger partial charge in [0, 0.05) is 29.0 Å². The zero-order valence-electron chi connectivity index (χ0n) is 12.5. The van der Waals surface area contributed by atoms with E-state index in [4.69, 9.17) is 4.98 Å². The Hall–Kier alpha value is -3.20. The van der Waals surface area contributed by atoms with Crippen molar-refractivity contribution >= 4 is 22.3 Å². The summed E-state index contributed by atoms with van der Waals surface area (Å²) in [5, 5.41) is 4.58. The molecule has 0 bridgehead atoms. The molecule has 2 aromatic heterocycles. The molecule has 110 valence electrons. The summed E-state index contributed by atoms with van der Waals surface area (Å²) in [5.41, 5.74) is 5.10. The summed E-state index contributed by atoms with van der Waals surface area (Å²) in [6, 6.07) is 24.4. The molecule has 0 radical (unpaired) electrons. The van der Waals surface area contributed by atoms with Gasteiger partial charge in [-0.1, -0.05) is 48.5 Å². The van der Waals surface area contributed by atoms with Crippen LogP contribution in [-0.4, -0.2) is 9.97 Å². The van der Waals surface area contributed by atoms with Crippen LogP contribution in [0.4, 0.5) is 11.4 Å². The maximum absolute atomic E-state index is 4.80. The summed E-state index contributed by atoms with van der Waals surface area (Å²) in [6.45, 7) is 0. The maximum atomic E-state index is 4.80. The molecule has 4 rings (SSSR count). The molecule has 0 aliphatic rings. The van der Waals surface area contributed by atoms with E-state index < -0.39 is 0 Å². The van der Waals surface area contributed by atoms with E-state index in [2.05, 4.69) is 34.6 Å². The average Bonchev–Trinajstić information content (AvgIpc) is 2.63. The summed E-state index contributed by atoms with van der Waals surface area (Å²) in [4.78, 5) is 8.86. The smallest absolute Gasteiger partial charge is 0.0730 e. The topological polar surface area (TPSA) is 37.8 Å². The Morgan fingerprint density at radius 1 is 0.739 bits per heavy atom. The van der Waals surface area contributed by atoms with Crippen LogP contribution in [0.5, 0.6) is 0 Å². The van der Waals surface area contributed by atoms with Crippen molar-refractivity contribution in [1.29, 1.82) is 0 Å². The van der Waals surface area contributed by atoms with Crippen molar-refractivity contribution in [3.8, 4) is 11.3 Å². The fraction of sp³-hybridized carbons (Fsp3) is 0. The highest BCUT2D eigenvalue weighted by Crippen LogP contribution is 2.30. The second-order valence-corrected chi connectivity index (χ2v) is 5.30. The largest absolute Gasteiger partial charge is 0.355 e. The van der Waals surface area contributed by atoms with Gasteiger partial charge in [-0.3, -0.25) is 4.98 Å². The molecule has 0 aliphatic heterocycles. The Kier molecular flexibility index (Phi) is 3.45. The van der Waals surface area contributed by atoms with Gasteiger partial charge in [0.25, 0.3) is 0 Å².